The van der Waals surface area contributed by atoms with Crippen LogP contribution in [0.1, 0.15) is 24.5 Å². The van der Waals surface area contributed by atoms with Gasteiger partial charge in [-0.15, -0.1) is 0 Å². The molecule has 2 heterocycles. The number of benzene rings is 1. The molecule has 0 saturated carbocycles. The number of H-pyrrole nitrogens is 1. The van der Waals surface area contributed by atoms with Crippen molar-refractivity contribution in [2.45, 2.75) is 19.8 Å². The maximum Gasteiger partial charge on any atom is 0.127 e. The van der Waals surface area contributed by atoms with Gasteiger partial charge in [0.25, 0.3) is 0 Å². The molecule has 0 aliphatic carbocycles. The number of aromatic nitrogens is 1. The van der Waals surface area contributed by atoms with E-state index in [9.17, 15) is 0 Å². The smallest absolute Gasteiger partial charge is 0.127 e. The van der Waals surface area contributed by atoms with Crippen LogP contribution in [-0.4, -0.2) is 11.6 Å². The third-order valence-electron chi connectivity index (χ3n) is 3.07. The summed E-state index contributed by atoms with van der Waals surface area (Å²) in [5.74, 6) is 1.01. The van der Waals surface area contributed by atoms with Crippen LogP contribution in [0.2, 0.25) is 0 Å². The molecule has 1 N–H and O–H groups in total. The van der Waals surface area contributed by atoms with Crippen molar-refractivity contribution in [3.8, 4) is 5.75 Å². The van der Waals surface area contributed by atoms with E-state index in [1.54, 1.807) is 0 Å². The number of fused-ring (bicyclic) bond motifs is 3. The van der Waals surface area contributed by atoms with E-state index in [-0.39, 0.29) is 0 Å². The summed E-state index contributed by atoms with van der Waals surface area (Å²) in [5, 5.41) is 1.33. The lowest BCUT2D eigenvalue weighted by Gasteiger charge is -2.13. The molecule has 0 amide bonds. The zero-order valence-corrected chi connectivity index (χ0v) is 9.42. The fourth-order valence-corrected chi connectivity index (χ4v) is 2.37. The van der Waals surface area contributed by atoms with Crippen LogP contribution in [0.15, 0.2) is 24.4 Å². The minimum Gasteiger partial charge on any atom is -0.489 e. The van der Waals surface area contributed by atoms with Crippen molar-refractivity contribution in [3.63, 3.8) is 0 Å². The summed E-state index contributed by atoms with van der Waals surface area (Å²) in [4.78, 5) is 3.33. The van der Waals surface area contributed by atoms with Gasteiger partial charge in [-0.05, 0) is 30.2 Å². The predicted octanol–water partition coefficient (Wildman–Crippen LogP) is 3.53. The summed E-state index contributed by atoms with van der Waals surface area (Å²) < 4.78 is 5.63. The van der Waals surface area contributed by atoms with Gasteiger partial charge in [0.15, 0.2) is 0 Å². The van der Waals surface area contributed by atoms with Gasteiger partial charge in [0, 0.05) is 22.7 Å². The number of rotatable bonds is 2. The summed E-state index contributed by atoms with van der Waals surface area (Å²) >= 11 is 0. The number of hydrogen-bond acceptors (Lipinski definition) is 1. The van der Waals surface area contributed by atoms with Gasteiger partial charge in [0.1, 0.15) is 12.4 Å². The Labute approximate surface area is 94.9 Å². The van der Waals surface area contributed by atoms with Crippen molar-refractivity contribution >= 4 is 17.0 Å². The first-order valence-corrected chi connectivity index (χ1v) is 5.82. The fraction of sp³-hybridized carbons (Fsp3) is 0.286. The lowest BCUT2D eigenvalue weighted by molar-refractivity contribution is 0.359. The lowest BCUT2D eigenvalue weighted by Crippen LogP contribution is -2.00. The third-order valence-corrected chi connectivity index (χ3v) is 3.07. The number of aryl methyl sites for hydroxylation is 1. The van der Waals surface area contributed by atoms with Gasteiger partial charge < -0.3 is 9.72 Å². The molecule has 16 heavy (non-hydrogen) atoms. The molecule has 1 aromatic heterocycles. The number of hydrogen-bond donors (Lipinski definition) is 1. The molecule has 82 valence electrons. The van der Waals surface area contributed by atoms with Gasteiger partial charge in [0.05, 0.1) is 0 Å². The van der Waals surface area contributed by atoms with Gasteiger partial charge in [-0.25, -0.2) is 0 Å². The van der Waals surface area contributed by atoms with Crippen LogP contribution >= 0.6 is 0 Å². The van der Waals surface area contributed by atoms with E-state index in [2.05, 4.69) is 36.3 Å². The zero-order chi connectivity index (χ0) is 11.0. The van der Waals surface area contributed by atoms with Gasteiger partial charge in [-0.2, -0.15) is 0 Å². The standard InChI is InChI=1S/C14H15NO/c1-2-4-10-9-15-12-6-7-13-11(14(10)12)5-3-8-16-13/h3,5-7,9,15H,2,4,8H2,1H3. The van der Waals surface area contributed by atoms with E-state index in [0.717, 1.165) is 12.2 Å². The molecule has 0 atom stereocenters. The highest BCUT2D eigenvalue weighted by Crippen LogP contribution is 2.33. The van der Waals surface area contributed by atoms with Crippen LogP contribution in [-0.2, 0) is 6.42 Å². The van der Waals surface area contributed by atoms with Crippen molar-refractivity contribution < 1.29 is 4.74 Å². The fourth-order valence-electron chi connectivity index (χ4n) is 2.37. The zero-order valence-electron chi connectivity index (χ0n) is 9.42. The monoisotopic (exact) mass is 213 g/mol. The Morgan fingerprint density at radius 3 is 3.19 bits per heavy atom. The minimum atomic E-state index is 0.687. The summed E-state index contributed by atoms with van der Waals surface area (Å²) in [6.45, 7) is 2.90. The van der Waals surface area contributed by atoms with Crippen molar-refractivity contribution in [2.24, 2.45) is 0 Å². The number of ether oxygens (including phenoxy) is 1. The number of nitrogens with one attached hydrogen (secondary N) is 1. The van der Waals surface area contributed by atoms with Crippen molar-refractivity contribution in [3.05, 3.63) is 35.5 Å². The molecule has 2 heteroatoms. The Balaban J connectivity index is 2.28. The van der Waals surface area contributed by atoms with Crippen LogP contribution in [0.25, 0.3) is 17.0 Å². The Bertz CT molecular complexity index is 551. The first-order chi connectivity index (χ1) is 7.90. The van der Waals surface area contributed by atoms with Crippen molar-refractivity contribution in [1.29, 1.82) is 0 Å². The molecule has 1 aliphatic rings. The molecular weight excluding hydrogens is 198 g/mol. The second-order valence-corrected chi connectivity index (χ2v) is 4.18. The van der Waals surface area contributed by atoms with Gasteiger partial charge in [-0.3, -0.25) is 0 Å². The molecule has 0 spiro atoms. The first kappa shape index (κ1) is 9.52. The molecule has 3 rings (SSSR count). The highest BCUT2D eigenvalue weighted by Gasteiger charge is 2.13. The normalized spacial score (nSPS) is 13.8. The Hall–Kier alpha value is -1.70. The predicted molar refractivity (Wildman–Crippen MR) is 66.8 cm³/mol. The molecule has 2 nitrogen and oxygen atoms in total. The molecule has 0 fully saturated rings. The third kappa shape index (κ3) is 1.33. The molecule has 1 aliphatic heterocycles. The molecule has 2 aromatic rings. The lowest BCUT2D eigenvalue weighted by atomic mass is 10.0. The van der Waals surface area contributed by atoms with E-state index in [4.69, 9.17) is 4.74 Å². The van der Waals surface area contributed by atoms with E-state index >= 15 is 0 Å². The van der Waals surface area contributed by atoms with E-state index in [1.807, 2.05) is 6.07 Å². The quantitative estimate of drug-likeness (QED) is 0.811. The van der Waals surface area contributed by atoms with Crippen LogP contribution < -0.4 is 4.74 Å². The first-order valence-electron chi connectivity index (χ1n) is 5.82. The van der Waals surface area contributed by atoms with Crippen LogP contribution in [0.3, 0.4) is 0 Å². The number of aromatic amines is 1. The topological polar surface area (TPSA) is 25.0 Å². The average Bonchev–Trinajstić information content (AvgIpc) is 2.73. The van der Waals surface area contributed by atoms with Gasteiger partial charge >= 0.3 is 0 Å². The van der Waals surface area contributed by atoms with Gasteiger partial charge in [-0.1, -0.05) is 19.4 Å². The molecule has 0 radical (unpaired) electrons. The molecular formula is C14H15NO. The maximum absolute atomic E-state index is 5.63. The summed E-state index contributed by atoms with van der Waals surface area (Å²) in [6.07, 6.45) is 8.65. The summed E-state index contributed by atoms with van der Waals surface area (Å²) in [7, 11) is 0. The summed E-state index contributed by atoms with van der Waals surface area (Å²) in [6, 6.07) is 4.15. The largest absolute Gasteiger partial charge is 0.489 e. The van der Waals surface area contributed by atoms with Crippen molar-refractivity contribution in [1.82, 2.24) is 4.98 Å². The molecule has 0 unspecified atom stereocenters. The maximum atomic E-state index is 5.63. The van der Waals surface area contributed by atoms with Crippen LogP contribution in [0.4, 0.5) is 0 Å². The minimum absolute atomic E-state index is 0.687. The summed E-state index contributed by atoms with van der Waals surface area (Å²) in [5.41, 5.74) is 3.83. The van der Waals surface area contributed by atoms with E-state index < -0.39 is 0 Å². The van der Waals surface area contributed by atoms with E-state index in [0.29, 0.717) is 6.61 Å². The highest BCUT2D eigenvalue weighted by atomic mass is 16.5. The van der Waals surface area contributed by atoms with E-state index in [1.165, 1.54) is 28.5 Å². The highest BCUT2D eigenvalue weighted by molar-refractivity contribution is 5.94. The Morgan fingerprint density at radius 1 is 1.38 bits per heavy atom. The van der Waals surface area contributed by atoms with Gasteiger partial charge in [0.2, 0.25) is 0 Å². The molecule has 0 bridgehead atoms. The Kier molecular flexibility index (Phi) is 2.21. The SMILES string of the molecule is CCCc1c[nH]c2ccc3c(c12)C=CCO3. The average molecular weight is 213 g/mol. The Morgan fingerprint density at radius 2 is 2.31 bits per heavy atom. The van der Waals surface area contributed by atoms with Crippen LogP contribution in [0, 0.1) is 0 Å². The van der Waals surface area contributed by atoms with Crippen molar-refractivity contribution in [2.75, 3.05) is 6.61 Å². The second kappa shape index (κ2) is 3.71. The van der Waals surface area contributed by atoms with Crippen LogP contribution in [0.5, 0.6) is 5.75 Å². The molecule has 0 saturated heterocycles. The second-order valence-electron chi connectivity index (χ2n) is 4.18. The molecule has 1 aromatic carbocycles.